The smallest absolute Gasteiger partial charge is 0.329 e. The van der Waals surface area contributed by atoms with E-state index in [1.54, 1.807) is 0 Å². The molecule has 0 atom stereocenters. The Balaban J connectivity index is 2.97. The molecule has 1 N–H and O–H groups in total. The van der Waals surface area contributed by atoms with Crippen LogP contribution >= 0.6 is 0 Å². The Kier molecular flexibility index (Phi) is 12.3. The van der Waals surface area contributed by atoms with Crippen molar-refractivity contribution in [1.82, 2.24) is 0 Å². The number of ether oxygens (including phenoxy) is 4. The summed E-state index contributed by atoms with van der Waals surface area (Å²) in [5.41, 5.74) is 0. The van der Waals surface area contributed by atoms with Crippen LogP contribution in [0.1, 0.15) is 13.8 Å². The van der Waals surface area contributed by atoms with E-state index in [0.29, 0.717) is 39.0 Å². The van der Waals surface area contributed by atoms with Gasteiger partial charge in [0, 0.05) is 6.61 Å². The normalized spacial score (nSPS) is 11.1. The number of carboxylic acids is 1. The molecule has 108 valence electrons. The van der Waals surface area contributed by atoms with Crippen LogP contribution in [0, 0.1) is 5.92 Å². The average molecular weight is 264 g/mol. The molecule has 18 heavy (non-hydrogen) atoms. The molecule has 0 amide bonds. The molecule has 6 heteroatoms. The molecule has 0 unspecified atom stereocenters. The maximum atomic E-state index is 10.1. The third-order valence-corrected chi connectivity index (χ3v) is 1.79. The van der Waals surface area contributed by atoms with Crippen LogP contribution in [0.25, 0.3) is 0 Å². The second-order valence-electron chi connectivity index (χ2n) is 4.14. The van der Waals surface area contributed by atoms with Gasteiger partial charge in [-0.05, 0) is 5.92 Å². The number of aliphatic carboxylic acids is 1. The van der Waals surface area contributed by atoms with Crippen molar-refractivity contribution in [3.05, 3.63) is 0 Å². The lowest BCUT2D eigenvalue weighted by Gasteiger charge is -2.08. The minimum Gasteiger partial charge on any atom is -0.480 e. The van der Waals surface area contributed by atoms with Crippen molar-refractivity contribution in [2.24, 2.45) is 5.92 Å². The van der Waals surface area contributed by atoms with Crippen LogP contribution in [-0.2, 0) is 23.7 Å². The zero-order chi connectivity index (χ0) is 13.6. The lowest BCUT2D eigenvalue weighted by molar-refractivity contribution is -0.142. The molecule has 0 spiro atoms. The Morgan fingerprint density at radius 3 is 1.78 bits per heavy atom. The molecule has 0 aliphatic carbocycles. The summed E-state index contributed by atoms with van der Waals surface area (Å²) >= 11 is 0. The highest BCUT2D eigenvalue weighted by atomic mass is 16.6. The largest absolute Gasteiger partial charge is 0.480 e. The molecule has 0 aromatic carbocycles. The Hall–Kier alpha value is -0.690. The Morgan fingerprint density at radius 2 is 1.33 bits per heavy atom. The van der Waals surface area contributed by atoms with Gasteiger partial charge in [-0.1, -0.05) is 13.8 Å². The van der Waals surface area contributed by atoms with Crippen molar-refractivity contribution in [2.75, 3.05) is 52.9 Å². The molecule has 0 saturated carbocycles. The SMILES string of the molecule is CC(C)COCCOCCOCCOCC(=O)O. The van der Waals surface area contributed by atoms with Crippen LogP contribution < -0.4 is 0 Å². The van der Waals surface area contributed by atoms with Gasteiger partial charge in [0.05, 0.1) is 39.6 Å². The highest BCUT2D eigenvalue weighted by molar-refractivity contribution is 5.67. The first-order valence-electron chi connectivity index (χ1n) is 6.15. The lowest BCUT2D eigenvalue weighted by atomic mass is 10.2. The lowest BCUT2D eigenvalue weighted by Crippen LogP contribution is -2.14. The van der Waals surface area contributed by atoms with Crippen molar-refractivity contribution in [2.45, 2.75) is 13.8 Å². The molecule has 0 radical (unpaired) electrons. The molecule has 0 bridgehead atoms. The monoisotopic (exact) mass is 264 g/mol. The van der Waals surface area contributed by atoms with Crippen LogP contribution in [0.15, 0.2) is 0 Å². The fourth-order valence-corrected chi connectivity index (χ4v) is 1.04. The fourth-order valence-electron chi connectivity index (χ4n) is 1.04. The van der Waals surface area contributed by atoms with E-state index in [4.69, 9.17) is 24.1 Å². The van der Waals surface area contributed by atoms with Crippen molar-refractivity contribution >= 4 is 5.97 Å². The average Bonchev–Trinajstić information content (AvgIpc) is 2.29. The second kappa shape index (κ2) is 12.8. The summed E-state index contributed by atoms with van der Waals surface area (Å²) in [5, 5.41) is 8.29. The first-order valence-corrected chi connectivity index (χ1v) is 6.15. The molecular weight excluding hydrogens is 240 g/mol. The van der Waals surface area contributed by atoms with Gasteiger partial charge in [-0.15, -0.1) is 0 Å². The number of rotatable bonds is 13. The van der Waals surface area contributed by atoms with Gasteiger partial charge in [-0.25, -0.2) is 4.79 Å². The summed E-state index contributed by atoms with van der Waals surface area (Å²) in [4.78, 5) is 10.1. The molecule has 0 saturated heterocycles. The first kappa shape index (κ1) is 17.3. The minimum absolute atomic E-state index is 0.282. The fraction of sp³-hybridized carbons (Fsp3) is 0.917. The van der Waals surface area contributed by atoms with Crippen LogP contribution in [0.4, 0.5) is 0 Å². The maximum Gasteiger partial charge on any atom is 0.329 e. The number of hydrogen-bond acceptors (Lipinski definition) is 5. The van der Waals surface area contributed by atoms with Gasteiger partial charge in [-0.2, -0.15) is 0 Å². The molecule has 0 aliphatic heterocycles. The van der Waals surface area contributed by atoms with Gasteiger partial charge in [0.25, 0.3) is 0 Å². The highest BCUT2D eigenvalue weighted by Gasteiger charge is 1.96. The van der Waals surface area contributed by atoms with E-state index in [1.807, 2.05) is 0 Å². The summed E-state index contributed by atoms with van der Waals surface area (Å²) in [7, 11) is 0. The summed E-state index contributed by atoms with van der Waals surface area (Å²) in [6.07, 6.45) is 0. The van der Waals surface area contributed by atoms with Crippen molar-refractivity contribution < 1.29 is 28.8 Å². The van der Waals surface area contributed by atoms with E-state index < -0.39 is 5.97 Å². The standard InChI is InChI=1S/C12H24O6/c1-11(2)9-17-7-5-15-3-4-16-6-8-18-10-12(13)14/h11H,3-10H2,1-2H3,(H,13,14). The van der Waals surface area contributed by atoms with Gasteiger partial charge >= 0.3 is 5.97 Å². The topological polar surface area (TPSA) is 74.2 Å². The minimum atomic E-state index is -0.972. The van der Waals surface area contributed by atoms with E-state index in [1.165, 1.54) is 0 Å². The quantitative estimate of drug-likeness (QED) is 0.496. The molecular formula is C12H24O6. The third-order valence-electron chi connectivity index (χ3n) is 1.79. The maximum absolute atomic E-state index is 10.1. The van der Waals surface area contributed by atoms with Crippen molar-refractivity contribution in [3.8, 4) is 0 Å². The number of carbonyl (C=O) groups is 1. The molecule has 0 aromatic heterocycles. The van der Waals surface area contributed by atoms with E-state index in [0.717, 1.165) is 6.61 Å². The number of hydrogen-bond donors (Lipinski definition) is 1. The van der Waals surface area contributed by atoms with Crippen molar-refractivity contribution in [3.63, 3.8) is 0 Å². The zero-order valence-electron chi connectivity index (χ0n) is 11.2. The van der Waals surface area contributed by atoms with Crippen molar-refractivity contribution in [1.29, 1.82) is 0 Å². The Labute approximate surface area is 108 Å². The first-order chi connectivity index (χ1) is 8.63. The van der Waals surface area contributed by atoms with Crippen LogP contribution in [0.5, 0.6) is 0 Å². The van der Waals surface area contributed by atoms with Gasteiger partial charge in [0.15, 0.2) is 0 Å². The van der Waals surface area contributed by atoms with Crippen LogP contribution in [0.2, 0.25) is 0 Å². The molecule has 6 nitrogen and oxygen atoms in total. The second-order valence-corrected chi connectivity index (χ2v) is 4.14. The molecule has 0 rings (SSSR count). The van der Waals surface area contributed by atoms with E-state index in [2.05, 4.69) is 13.8 Å². The molecule has 0 fully saturated rings. The van der Waals surface area contributed by atoms with Crippen LogP contribution in [0.3, 0.4) is 0 Å². The predicted molar refractivity (Wildman–Crippen MR) is 65.7 cm³/mol. The van der Waals surface area contributed by atoms with Gasteiger partial charge in [0.2, 0.25) is 0 Å². The highest BCUT2D eigenvalue weighted by Crippen LogP contribution is 1.91. The Bertz CT molecular complexity index is 195. The van der Waals surface area contributed by atoms with E-state index in [9.17, 15) is 4.79 Å². The van der Waals surface area contributed by atoms with Gasteiger partial charge < -0.3 is 24.1 Å². The molecule has 0 aromatic rings. The molecule has 0 aliphatic rings. The van der Waals surface area contributed by atoms with E-state index in [-0.39, 0.29) is 13.2 Å². The Morgan fingerprint density at radius 1 is 0.889 bits per heavy atom. The van der Waals surface area contributed by atoms with Gasteiger partial charge in [0.1, 0.15) is 6.61 Å². The molecule has 0 heterocycles. The predicted octanol–water partition coefficient (Wildman–Crippen LogP) is 0.793. The summed E-state index contributed by atoms with van der Waals surface area (Å²) in [6, 6.07) is 0. The van der Waals surface area contributed by atoms with Gasteiger partial charge in [-0.3, -0.25) is 0 Å². The van der Waals surface area contributed by atoms with Crippen LogP contribution in [-0.4, -0.2) is 63.9 Å². The third kappa shape index (κ3) is 15.3. The number of carboxylic acid groups (broad SMARTS) is 1. The zero-order valence-corrected chi connectivity index (χ0v) is 11.2. The summed E-state index contributed by atoms with van der Waals surface area (Å²) in [5.74, 6) is -0.432. The van der Waals surface area contributed by atoms with E-state index >= 15 is 0 Å². The summed E-state index contributed by atoms with van der Waals surface area (Å²) < 4.78 is 20.6. The summed E-state index contributed by atoms with van der Waals surface area (Å²) in [6.45, 7) is 7.45.